The molecule has 2 aliphatic carbocycles. The number of unbranched alkanes of at least 4 members (excludes halogenated alkanes) is 1. The third-order valence-corrected chi connectivity index (χ3v) is 20.5. The fourth-order valence-electron chi connectivity index (χ4n) is 8.96. The van der Waals surface area contributed by atoms with E-state index in [2.05, 4.69) is 198 Å². The molecule has 1 atom stereocenters. The summed E-state index contributed by atoms with van der Waals surface area (Å²) in [5, 5.41) is 0. The fraction of sp³-hybridized carbons (Fsp3) is 0.196. The van der Waals surface area contributed by atoms with Crippen molar-refractivity contribution in [3.8, 4) is 33.4 Å². The van der Waals surface area contributed by atoms with Gasteiger partial charge in [-0.1, -0.05) is 0 Å². The summed E-state index contributed by atoms with van der Waals surface area (Å²) in [5.41, 5.74) is 18.7. The van der Waals surface area contributed by atoms with Gasteiger partial charge < -0.3 is 24.8 Å². The predicted octanol–water partition coefficient (Wildman–Crippen LogP) is 8.70. The van der Waals surface area contributed by atoms with Crippen molar-refractivity contribution < 1.29 is 46.1 Å². The number of aryl methyl sites for hydroxylation is 2. The average molecular weight is 981 g/mol. The minimum Gasteiger partial charge on any atom is -1.00 e. The van der Waals surface area contributed by atoms with Gasteiger partial charge in [-0.2, -0.15) is 0 Å². The van der Waals surface area contributed by atoms with E-state index in [4.69, 9.17) is 0 Å². The SMILES string of the molecule is CCCCc1c(-c2ccccc2)c(C)cc2c1[CH]([Zr+2]([C]1=CC=CC1)=[C](Cc1cccc(Br)c1)Cc1cccc(Br)c1)c1cc(-c3ccccc3)c(C)cc1-2.[Cl-].[Cl-]. The van der Waals surface area contributed by atoms with Gasteiger partial charge in [0.15, 0.2) is 0 Å². The summed E-state index contributed by atoms with van der Waals surface area (Å²) in [7, 11) is 0. The summed E-state index contributed by atoms with van der Waals surface area (Å²) in [6, 6.07) is 48.2. The molecule has 0 nitrogen and oxygen atoms in total. The standard InChI is InChI=1S/C31H29.C15H12Br2.C5H5.2ClH.Zr/c1-4-5-16-26-30-20-25-19-27(23-12-8-6-9-13-23)21(2)17-28(25)29(30)18-22(3)31(26)24-14-10-7-11-15-24;16-14-8-2-6-12(10-14)4-1-5-13-7-3-9-15(17)11-13;1-2-4-5-3-1;;;/h6-15,17-20H,4-5,16H2,1-3H3;2-3,6-11H,4-5H2;1-3H,4H2;2*1H;/q;;;;;+2/p-2. The zero-order valence-corrected chi connectivity index (χ0v) is 39.3. The monoisotopic (exact) mass is 976 g/mol. The Morgan fingerprint density at radius 2 is 1.27 bits per heavy atom. The van der Waals surface area contributed by atoms with Crippen molar-refractivity contribution in [1.29, 1.82) is 0 Å². The molecule has 0 fully saturated rings. The minimum atomic E-state index is -2.83. The van der Waals surface area contributed by atoms with Crippen LogP contribution in [0.15, 0.2) is 158 Å². The van der Waals surface area contributed by atoms with E-state index in [0.29, 0.717) is 3.63 Å². The van der Waals surface area contributed by atoms with E-state index in [-0.39, 0.29) is 24.8 Å². The second-order valence-electron chi connectivity index (χ2n) is 15.0. The quantitative estimate of drug-likeness (QED) is 0.122. The maximum Gasteiger partial charge on any atom is -1.00 e. The van der Waals surface area contributed by atoms with Crippen LogP contribution in [-0.2, 0) is 40.5 Å². The van der Waals surface area contributed by atoms with Crippen LogP contribution in [0.25, 0.3) is 33.4 Å². The molecule has 1 unspecified atom stereocenters. The number of rotatable bonds is 11. The normalized spacial score (nSPS) is 13.5. The summed E-state index contributed by atoms with van der Waals surface area (Å²) in [6.45, 7) is 7.02. The van der Waals surface area contributed by atoms with Crippen molar-refractivity contribution in [2.45, 2.75) is 62.9 Å². The number of hydrogen-bond acceptors (Lipinski definition) is 0. The van der Waals surface area contributed by atoms with E-state index < -0.39 is 21.3 Å². The van der Waals surface area contributed by atoms with Crippen LogP contribution in [-0.4, -0.2) is 3.21 Å². The topological polar surface area (TPSA) is 0 Å². The van der Waals surface area contributed by atoms with Gasteiger partial charge in [0.2, 0.25) is 0 Å². The van der Waals surface area contributed by atoms with Gasteiger partial charge in [-0.25, -0.2) is 0 Å². The van der Waals surface area contributed by atoms with Crippen molar-refractivity contribution in [3.63, 3.8) is 0 Å². The van der Waals surface area contributed by atoms with Gasteiger partial charge in [-0.05, 0) is 0 Å². The first-order valence-corrected chi connectivity index (χ1v) is 24.8. The molecule has 0 aromatic heterocycles. The van der Waals surface area contributed by atoms with Crippen LogP contribution in [0.1, 0.15) is 68.8 Å². The third-order valence-electron chi connectivity index (χ3n) is 11.3. The Balaban J connectivity index is 0.00000266. The molecule has 0 saturated heterocycles. The van der Waals surface area contributed by atoms with Gasteiger partial charge >= 0.3 is 349 Å². The van der Waals surface area contributed by atoms with Crippen molar-refractivity contribution in [1.82, 2.24) is 0 Å². The molecule has 2 aliphatic rings. The van der Waals surface area contributed by atoms with Crippen LogP contribution in [0.4, 0.5) is 0 Å². The minimum absolute atomic E-state index is 0. The molecule has 0 heterocycles. The molecular weight excluding hydrogens is 934 g/mol. The molecule has 5 heteroatoms. The molecule has 0 saturated carbocycles. The second kappa shape index (κ2) is 19.2. The number of hydrogen-bond donors (Lipinski definition) is 0. The maximum atomic E-state index is 3.83. The Morgan fingerprint density at radius 3 is 1.84 bits per heavy atom. The van der Waals surface area contributed by atoms with Crippen molar-refractivity contribution in [2.24, 2.45) is 0 Å². The first kappa shape index (κ1) is 42.7. The van der Waals surface area contributed by atoms with Gasteiger partial charge in [0.05, 0.1) is 0 Å². The summed E-state index contributed by atoms with van der Waals surface area (Å²) >= 11 is 4.83. The summed E-state index contributed by atoms with van der Waals surface area (Å²) in [5.74, 6) is 0. The fourth-order valence-corrected chi connectivity index (χ4v) is 19.2. The Kier molecular flexibility index (Phi) is 14.7. The number of fused-ring (bicyclic) bond motifs is 3. The Bertz CT molecular complexity index is 2400. The molecule has 0 radical (unpaired) electrons. The molecular formula is C51H46Br2Cl2Zr. The molecule has 0 aliphatic heterocycles. The van der Waals surface area contributed by atoms with Gasteiger partial charge in [-0.3, -0.25) is 0 Å². The number of allylic oxidation sites excluding steroid dienone is 4. The van der Waals surface area contributed by atoms with Gasteiger partial charge in [0, 0.05) is 0 Å². The molecule has 6 aromatic rings. The Morgan fingerprint density at radius 1 is 0.661 bits per heavy atom. The summed E-state index contributed by atoms with van der Waals surface area (Å²) in [6.07, 6.45) is 13.8. The Hall–Kier alpha value is -2.91. The van der Waals surface area contributed by atoms with Gasteiger partial charge in [0.25, 0.3) is 0 Å². The molecule has 0 bridgehead atoms. The van der Waals surface area contributed by atoms with Crippen LogP contribution in [0.3, 0.4) is 0 Å². The largest absolute Gasteiger partial charge is 1.00 e. The van der Waals surface area contributed by atoms with Crippen molar-refractivity contribution >= 4 is 35.1 Å². The first-order chi connectivity index (χ1) is 26.4. The predicted molar refractivity (Wildman–Crippen MR) is 235 cm³/mol. The third kappa shape index (κ3) is 8.89. The van der Waals surface area contributed by atoms with Crippen LogP contribution in [0.2, 0.25) is 0 Å². The van der Waals surface area contributed by atoms with E-state index in [0.717, 1.165) is 34.6 Å². The molecule has 6 aromatic carbocycles. The van der Waals surface area contributed by atoms with E-state index >= 15 is 0 Å². The summed E-state index contributed by atoms with van der Waals surface area (Å²) < 4.78 is 6.15. The van der Waals surface area contributed by atoms with E-state index in [1.54, 1.807) is 23.2 Å². The van der Waals surface area contributed by atoms with Crippen molar-refractivity contribution in [3.05, 3.63) is 197 Å². The van der Waals surface area contributed by atoms with E-state index in [9.17, 15) is 0 Å². The van der Waals surface area contributed by atoms with Crippen molar-refractivity contribution in [2.75, 3.05) is 0 Å². The average Bonchev–Trinajstić information content (AvgIpc) is 3.81. The zero-order chi connectivity index (χ0) is 37.2. The molecule has 0 spiro atoms. The molecule has 0 amide bonds. The Labute approximate surface area is 370 Å². The van der Waals surface area contributed by atoms with Gasteiger partial charge in [0.1, 0.15) is 0 Å². The van der Waals surface area contributed by atoms with Crippen LogP contribution in [0, 0.1) is 13.8 Å². The number of halogens is 4. The zero-order valence-electron chi connectivity index (χ0n) is 32.2. The van der Waals surface area contributed by atoms with Crippen LogP contribution >= 0.6 is 31.9 Å². The van der Waals surface area contributed by atoms with E-state index in [1.165, 1.54) is 68.5 Å². The van der Waals surface area contributed by atoms with Crippen LogP contribution in [0.5, 0.6) is 0 Å². The van der Waals surface area contributed by atoms with Crippen LogP contribution < -0.4 is 24.8 Å². The molecule has 8 rings (SSSR count). The number of benzene rings is 6. The first-order valence-electron chi connectivity index (χ1n) is 19.4. The molecule has 282 valence electrons. The van der Waals surface area contributed by atoms with E-state index in [1.807, 2.05) is 0 Å². The second-order valence-corrected chi connectivity index (χ2v) is 23.6. The van der Waals surface area contributed by atoms with Gasteiger partial charge in [-0.15, -0.1) is 0 Å². The molecule has 56 heavy (non-hydrogen) atoms. The molecule has 0 N–H and O–H groups in total. The smallest absolute Gasteiger partial charge is 1.00 e. The summed E-state index contributed by atoms with van der Waals surface area (Å²) in [4.78, 5) is 0. The maximum absolute atomic E-state index is 3.83.